The highest BCUT2D eigenvalue weighted by Crippen LogP contribution is 2.40. The molecule has 0 aliphatic carbocycles. The first-order valence-electron chi connectivity index (χ1n) is 7.69. The van der Waals surface area contributed by atoms with Gasteiger partial charge in [0.05, 0.1) is 6.04 Å². The Morgan fingerprint density at radius 2 is 1.92 bits per heavy atom. The Hall–Kier alpha value is -2.73. The zero-order valence-corrected chi connectivity index (χ0v) is 13.9. The lowest BCUT2D eigenvalue weighted by Crippen LogP contribution is -2.39. The zero-order valence-electron chi connectivity index (χ0n) is 13.2. The third-order valence-corrected chi connectivity index (χ3v) is 4.38. The number of amides is 1. The van der Waals surface area contributed by atoms with Crippen molar-refractivity contribution in [2.45, 2.75) is 12.5 Å². The Morgan fingerprint density at radius 3 is 2.64 bits per heavy atom. The fraction of sp³-hybridized carbons (Fsp3) is 0.222. The number of nitrogens with zero attached hydrogens (tertiary/aromatic N) is 1. The zero-order chi connectivity index (χ0) is 18.0. The van der Waals surface area contributed by atoms with E-state index < -0.39 is 24.7 Å². The van der Waals surface area contributed by atoms with E-state index in [-0.39, 0.29) is 0 Å². The van der Waals surface area contributed by atoms with Crippen molar-refractivity contribution in [3.63, 3.8) is 0 Å². The minimum atomic E-state index is -1.11. The predicted octanol–water partition coefficient (Wildman–Crippen LogP) is 3.43. The molecule has 1 heterocycles. The van der Waals surface area contributed by atoms with Gasteiger partial charge >= 0.3 is 12.1 Å². The van der Waals surface area contributed by atoms with Crippen molar-refractivity contribution in [3.8, 4) is 5.75 Å². The molecule has 2 aromatic carbocycles. The Kier molecular flexibility index (Phi) is 4.81. The molecule has 1 atom stereocenters. The van der Waals surface area contributed by atoms with E-state index in [4.69, 9.17) is 21.4 Å². The summed E-state index contributed by atoms with van der Waals surface area (Å²) in [5.74, 6) is -0.806. The van der Waals surface area contributed by atoms with Gasteiger partial charge in [0.25, 0.3) is 0 Å². The van der Waals surface area contributed by atoms with Crippen LogP contribution in [0.4, 0.5) is 4.79 Å². The van der Waals surface area contributed by atoms with E-state index in [1.807, 2.05) is 24.3 Å². The summed E-state index contributed by atoms with van der Waals surface area (Å²) in [6.07, 6.45) is -0.436. The lowest BCUT2D eigenvalue weighted by molar-refractivity contribution is -0.139. The van der Waals surface area contributed by atoms with E-state index >= 15 is 0 Å². The molecule has 0 aromatic heterocycles. The average molecular weight is 362 g/mol. The van der Waals surface area contributed by atoms with Gasteiger partial charge in [-0.3, -0.25) is 4.90 Å². The quantitative estimate of drug-likeness (QED) is 0.871. The summed E-state index contributed by atoms with van der Waals surface area (Å²) < 4.78 is 5.37. The molecule has 1 aliphatic rings. The summed E-state index contributed by atoms with van der Waals surface area (Å²) in [6, 6.07) is 11.8. The third kappa shape index (κ3) is 3.53. The first-order chi connectivity index (χ1) is 12.0. The van der Waals surface area contributed by atoms with Crippen LogP contribution in [0.25, 0.3) is 0 Å². The van der Waals surface area contributed by atoms with Crippen molar-refractivity contribution in [1.82, 2.24) is 4.90 Å². The first-order valence-corrected chi connectivity index (χ1v) is 8.06. The van der Waals surface area contributed by atoms with Crippen LogP contribution in [0.3, 0.4) is 0 Å². The SMILES string of the molecule is O=C(O)COc1ccc(Cl)cc1C1c2ccccc2CCN1C(=O)O. The Morgan fingerprint density at radius 1 is 1.16 bits per heavy atom. The van der Waals surface area contributed by atoms with E-state index in [1.54, 1.807) is 18.2 Å². The molecule has 0 saturated carbocycles. The molecule has 130 valence electrons. The number of carbonyl (C=O) groups is 2. The molecule has 6 nitrogen and oxygen atoms in total. The van der Waals surface area contributed by atoms with Gasteiger partial charge in [0.2, 0.25) is 0 Å². The van der Waals surface area contributed by atoms with Crippen LogP contribution in [0.1, 0.15) is 22.7 Å². The van der Waals surface area contributed by atoms with Gasteiger partial charge in [0.1, 0.15) is 5.75 Å². The number of carboxylic acids is 1. The van der Waals surface area contributed by atoms with Gasteiger partial charge in [-0.15, -0.1) is 0 Å². The minimum absolute atomic E-state index is 0.305. The fourth-order valence-electron chi connectivity index (χ4n) is 3.11. The van der Waals surface area contributed by atoms with Gasteiger partial charge in [-0.2, -0.15) is 0 Å². The molecular formula is C18H16ClNO5. The van der Waals surface area contributed by atoms with Gasteiger partial charge < -0.3 is 14.9 Å². The Balaban J connectivity index is 2.12. The topological polar surface area (TPSA) is 87.1 Å². The van der Waals surface area contributed by atoms with Crippen LogP contribution in [0.5, 0.6) is 5.75 Å². The lowest BCUT2D eigenvalue weighted by atomic mass is 9.88. The summed E-state index contributed by atoms with van der Waals surface area (Å²) in [7, 11) is 0. The van der Waals surface area contributed by atoms with Crippen molar-refractivity contribution < 1.29 is 24.5 Å². The molecule has 0 radical (unpaired) electrons. The molecule has 7 heteroatoms. The minimum Gasteiger partial charge on any atom is -0.482 e. The summed E-state index contributed by atoms with van der Waals surface area (Å²) in [5, 5.41) is 18.9. The molecule has 2 aromatic rings. The average Bonchev–Trinajstić information content (AvgIpc) is 2.59. The highest BCUT2D eigenvalue weighted by molar-refractivity contribution is 6.30. The smallest absolute Gasteiger partial charge is 0.408 e. The van der Waals surface area contributed by atoms with Crippen molar-refractivity contribution in [2.75, 3.05) is 13.2 Å². The van der Waals surface area contributed by atoms with E-state index in [9.17, 15) is 14.7 Å². The number of rotatable bonds is 4. The summed E-state index contributed by atoms with van der Waals surface area (Å²) in [4.78, 5) is 23.9. The molecule has 0 spiro atoms. The lowest BCUT2D eigenvalue weighted by Gasteiger charge is -2.36. The van der Waals surface area contributed by atoms with Crippen LogP contribution >= 0.6 is 11.6 Å². The summed E-state index contributed by atoms with van der Waals surface area (Å²) in [6.45, 7) is -0.183. The largest absolute Gasteiger partial charge is 0.482 e. The maximum absolute atomic E-state index is 11.8. The van der Waals surface area contributed by atoms with Crippen LogP contribution in [0, 0.1) is 0 Å². The number of benzene rings is 2. The molecule has 1 unspecified atom stereocenters. The highest BCUT2D eigenvalue weighted by atomic mass is 35.5. The second-order valence-electron chi connectivity index (χ2n) is 5.69. The third-order valence-electron chi connectivity index (χ3n) is 4.15. The Bertz CT molecular complexity index is 823. The maximum Gasteiger partial charge on any atom is 0.408 e. The van der Waals surface area contributed by atoms with Gasteiger partial charge in [0.15, 0.2) is 6.61 Å². The number of ether oxygens (including phenoxy) is 1. The normalized spacial score (nSPS) is 16.2. The van der Waals surface area contributed by atoms with E-state index in [0.29, 0.717) is 29.3 Å². The summed E-state index contributed by atoms with van der Waals surface area (Å²) in [5.41, 5.74) is 2.43. The molecule has 3 rings (SSSR count). The number of hydrogen-bond acceptors (Lipinski definition) is 3. The molecule has 1 aliphatic heterocycles. The van der Waals surface area contributed by atoms with Crippen LogP contribution in [0.15, 0.2) is 42.5 Å². The van der Waals surface area contributed by atoms with Crippen molar-refractivity contribution in [3.05, 3.63) is 64.2 Å². The predicted molar refractivity (Wildman–Crippen MR) is 91.3 cm³/mol. The van der Waals surface area contributed by atoms with Crippen LogP contribution in [0.2, 0.25) is 5.02 Å². The van der Waals surface area contributed by atoms with Gasteiger partial charge in [-0.25, -0.2) is 9.59 Å². The second kappa shape index (κ2) is 7.03. The highest BCUT2D eigenvalue weighted by Gasteiger charge is 2.33. The Labute approximate surface area is 149 Å². The second-order valence-corrected chi connectivity index (χ2v) is 6.13. The van der Waals surface area contributed by atoms with Crippen LogP contribution in [-0.2, 0) is 11.2 Å². The first kappa shape index (κ1) is 17.1. The van der Waals surface area contributed by atoms with Crippen molar-refractivity contribution >= 4 is 23.7 Å². The van der Waals surface area contributed by atoms with E-state index in [2.05, 4.69) is 0 Å². The number of fused-ring (bicyclic) bond motifs is 1. The van der Waals surface area contributed by atoms with Gasteiger partial charge in [-0.05, 0) is 35.7 Å². The van der Waals surface area contributed by atoms with Gasteiger partial charge in [0, 0.05) is 17.1 Å². The molecular weight excluding hydrogens is 346 g/mol. The number of aliphatic carboxylic acids is 1. The molecule has 1 amide bonds. The van der Waals surface area contributed by atoms with E-state index in [0.717, 1.165) is 11.1 Å². The van der Waals surface area contributed by atoms with Crippen molar-refractivity contribution in [1.29, 1.82) is 0 Å². The molecule has 25 heavy (non-hydrogen) atoms. The fourth-order valence-corrected chi connectivity index (χ4v) is 3.29. The van der Waals surface area contributed by atoms with Crippen LogP contribution in [-0.4, -0.2) is 40.3 Å². The van der Waals surface area contributed by atoms with Gasteiger partial charge in [-0.1, -0.05) is 35.9 Å². The molecule has 0 fully saturated rings. The molecule has 0 saturated heterocycles. The monoisotopic (exact) mass is 361 g/mol. The maximum atomic E-state index is 11.8. The number of carboxylic acid groups (broad SMARTS) is 2. The number of halogens is 1. The van der Waals surface area contributed by atoms with E-state index in [1.165, 1.54) is 4.90 Å². The van der Waals surface area contributed by atoms with Crippen LogP contribution < -0.4 is 4.74 Å². The molecule has 2 N–H and O–H groups in total. The summed E-state index contributed by atoms with van der Waals surface area (Å²) >= 11 is 6.12. The van der Waals surface area contributed by atoms with Crippen molar-refractivity contribution in [2.24, 2.45) is 0 Å². The standard InChI is InChI=1S/C18H16ClNO5/c19-12-5-6-15(25-10-16(21)22)14(9-12)17-13-4-2-1-3-11(13)7-8-20(17)18(23)24/h1-6,9,17H,7-8,10H2,(H,21,22)(H,23,24). The molecule has 0 bridgehead atoms. The number of hydrogen-bond donors (Lipinski definition) is 2.